The maximum Gasteiger partial charge on any atom is 0.416 e. The molecule has 0 unspecified atom stereocenters. The molecule has 2 rings (SSSR count). The number of pyridine rings is 1. The average Bonchev–Trinajstić information content (AvgIpc) is 2.38. The summed E-state index contributed by atoms with van der Waals surface area (Å²) in [4.78, 5) is 4.06. The molecule has 0 saturated carbocycles. The molecule has 18 heavy (non-hydrogen) atoms. The summed E-state index contributed by atoms with van der Waals surface area (Å²) < 4.78 is 37.8. The molecule has 0 aliphatic rings. The zero-order valence-electron chi connectivity index (χ0n) is 9.41. The van der Waals surface area contributed by atoms with Crippen molar-refractivity contribution in [3.05, 3.63) is 53.7 Å². The van der Waals surface area contributed by atoms with E-state index in [9.17, 15) is 13.2 Å². The molecule has 0 saturated heterocycles. The Kier molecular flexibility index (Phi) is 3.34. The van der Waals surface area contributed by atoms with Crippen molar-refractivity contribution in [1.82, 2.24) is 4.98 Å². The Morgan fingerprint density at radius 2 is 1.89 bits per heavy atom. The van der Waals surface area contributed by atoms with Crippen LogP contribution in [-0.4, -0.2) is 4.98 Å². The average molecular weight is 252 g/mol. The maximum absolute atomic E-state index is 12.6. The van der Waals surface area contributed by atoms with E-state index in [0.29, 0.717) is 17.8 Å². The van der Waals surface area contributed by atoms with Gasteiger partial charge in [0.1, 0.15) is 0 Å². The lowest BCUT2D eigenvalue weighted by Crippen LogP contribution is -2.04. The second-order valence-electron chi connectivity index (χ2n) is 3.83. The largest absolute Gasteiger partial charge is 0.416 e. The summed E-state index contributed by atoms with van der Waals surface area (Å²) in [7, 11) is 0. The van der Waals surface area contributed by atoms with Crippen molar-refractivity contribution in [3.8, 4) is 11.3 Å². The fourth-order valence-corrected chi connectivity index (χ4v) is 1.61. The van der Waals surface area contributed by atoms with Crippen LogP contribution in [0.3, 0.4) is 0 Å². The molecular formula is C13H11F3N2. The Hall–Kier alpha value is -1.88. The molecule has 0 amide bonds. The molecule has 1 heterocycles. The number of hydrogen-bond donors (Lipinski definition) is 1. The minimum absolute atomic E-state index is 0.328. The van der Waals surface area contributed by atoms with Crippen LogP contribution in [0, 0.1) is 0 Å². The van der Waals surface area contributed by atoms with E-state index in [-0.39, 0.29) is 0 Å². The second kappa shape index (κ2) is 4.78. The molecule has 0 atom stereocenters. The van der Waals surface area contributed by atoms with Gasteiger partial charge in [-0.1, -0.05) is 12.1 Å². The van der Waals surface area contributed by atoms with Gasteiger partial charge in [-0.2, -0.15) is 13.2 Å². The standard InChI is InChI=1S/C13H11F3N2/c14-13(15,16)11-3-1-2-10(7-11)12-6-9(8-17)4-5-18-12/h1-7H,8,17H2. The van der Waals surface area contributed by atoms with Gasteiger partial charge in [0.25, 0.3) is 0 Å². The minimum atomic E-state index is -4.35. The van der Waals surface area contributed by atoms with E-state index in [0.717, 1.165) is 17.7 Å². The van der Waals surface area contributed by atoms with E-state index >= 15 is 0 Å². The Morgan fingerprint density at radius 1 is 1.11 bits per heavy atom. The summed E-state index contributed by atoms with van der Waals surface area (Å²) in [5.41, 5.74) is 6.56. The summed E-state index contributed by atoms with van der Waals surface area (Å²) >= 11 is 0. The highest BCUT2D eigenvalue weighted by Crippen LogP contribution is 2.31. The highest BCUT2D eigenvalue weighted by atomic mass is 19.4. The van der Waals surface area contributed by atoms with E-state index in [2.05, 4.69) is 4.98 Å². The lowest BCUT2D eigenvalue weighted by Gasteiger charge is -2.08. The van der Waals surface area contributed by atoms with Gasteiger partial charge < -0.3 is 5.73 Å². The van der Waals surface area contributed by atoms with Crippen LogP contribution in [0.4, 0.5) is 13.2 Å². The molecule has 0 spiro atoms. The zero-order chi connectivity index (χ0) is 13.2. The van der Waals surface area contributed by atoms with Gasteiger partial charge in [-0.3, -0.25) is 4.98 Å². The number of benzene rings is 1. The van der Waals surface area contributed by atoms with Gasteiger partial charge in [-0.25, -0.2) is 0 Å². The van der Waals surface area contributed by atoms with Crippen LogP contribution < -0.4 is 5.73 Å². The van der Waals surface area contributed by atoms with Crippen LogP contribution in [0.15, 0.2) is 42.6 Å². The fraction of sp³-hybridized carbons (Fsp3) is 0.154. The van der Waals surface area contributed by atoms with Gasteiger partial charge in [0.15, 0.2) is 0 Å². The van der Waals surface area contributed by atoms with Crippen LogP contribution in [0.25, 0.3) is 11.3 Å². The smallest absolute Gasteiger partial charge is 0.326 e. The summed E-state index contributed by atoms with van der Waals surface area (Å²) in [6.07, 6.45) is -2.81. The number of hydrogen-bond acceptors (Lipinski definition) is 2. The number of aromatic nitrogens is 1. The molecule has 1 aromatic carbocycles. The van der Waals surface area contributed by atoms with Crippen molar-refractivity contribution < 1.29 is 13.2 Å². The van der Waals surface area contributed by atoms with E-state index < -0.39 is 11.7 Å². The second-order valence-corrected chi connectivity index (χ2v) is 3.83. The lowest BCUT2D eigenvalue weighted by molar-refractivity contribution is -0.137. The molecule has 5 heteroatoms. The van der Waals surface area contributed by atoms with E-state index in [1.807, 2.05) is 0 Å². The van der Waals surface area contributed by atoms with Crippen molar-refractivity contribution in [2.24, 2.45) is 5.73 Å². The van der Waals surface area contributed by atoms with Crippen molar-refractivity contribution in [2.45, 2.75) is 12.7 Å². The Balaban J connectivity index is 2.44. The molecule has 0 aliphatic carbocycles. The predicted octanol–water partition coefficient (Wildman–Crippen LogP) is 3.23. The molecule has 2 N–H and O–H groups in total. The van der Waals surface area contributed by atoms with Crippen molar-refractivity contribution in [1.29, 1.82) is 0 Å². The summed E-state index contributed by atoms with van der Waals surface area (Å²) in [5.74, 6) is 0. The molecule has 2 aromatic rings. The summed E-state index contributed by atoms with van der Waals surface area (Å²) in [6.45, 7) is 0.328. The van der Waals surface area contributed by atoms with E-state index in [1.54, 1.807) is 18.2 Å². The molecule has 0 radical (unpaired) electrons. The maximum atomic E-state index is 12.6. The first-order valence-electron chi connectivity index (χ1n) is 5.33. The van der Waals surface area contributed by atoms with Crippen molar-refractivity contribution >= 4 is 0 Å². The number of nitrogens with zero attached hydrogens (tertiary/aromatic N) is 1. The van der Waals surface area contributed by atoms with Crippen LogP contribution in [0.2, 0.25) is 0 Å². The van der Waals surface area contributed by atoms with Crippen LogP contribution >= 0.6 is 0 Å². The van der Waals surface area contributed by atoms with Crippen LogP contribution in [0.1, 0.15) is 11.1 Å². The van der Waals surface area contributed by atoms with Crippen molar-refractivity contribution in [3.63, 3.8) is 0 Å². The number of nitrogens with two attached hydrogens (primary N) is 1. The SMILES string of the molecule is NCc1ccnc(-c2cccc(C(F)(F)F)c2)c1. The van der Waals surface area contributed by atoms with Crippen molar-refractivity contribution in [2.75, 3.05) is 0 Å². The third kappa shape index (κ3) is 2.68. The van der Waals surface area contributed by atoms with Gasteiger partial charge in [-0.15, -0.1) is 0 Å². The van der Waals surface area contributed by atoms with Gasteiger partial charge in [-0.05, 0) is 29.8 Å². The van der Waals surface area contributed by atoms with E-state index in [4.69, 9.17) is 5.73 Å². The minimum Gasteiger partial charge on any atom is -0.326 e. The van der Waals surface area contributed by atoms with Gasteiger partial charge in [0.05, 0.1) is 11.3 Å². The third-order valence-corrected chi connectivity index (χ3v) is 2.55. The predicted molar refractivity (Wildman–Crippen MR) is 62.6 cm³/mol. The molecular weight excluding hydrogens is 241 g/mol. The first-order valence-corrected chi connectivity index (χ1v) is 5.33. The highest BCUT2D eigenvalue weighted by Gasteiger charge is 2.30. The zero-order valence-corrected chi connectivity index (χ0v) is 9.41. The van der Waals surface area contributed by atoms with Crippen LogP contribution in [0.5, 0.6) is 0 Å². The number of halogens is 3. The van der Waals surface area contributed by atoms with E-state index in [1.165, 1.54) is 12.3 Å². The quantitative estimate of drug-likeness (QED) is 0.891. The Bertz CT molecular complexity index is 550. The highest BCUT2D eigenvalue weighted by molar-refractivity contribution is 5.60. The summed E-state index contributed by atoms with van der Waals surface area (Å²) in [6, 6.07) is 8.51. The third-order valence-electron chi connectivity index (χ3n) is 2.55. The summed E-state index contributed by atoms with van der Waals surface area (Å²) in [5, 5.41) is 0. The van der Waals surface area contributed by atoms with Gasteiger partial charge >= 0.3 is 6.18 Å². The normalized spacial score (nSPS) is 11.6. The number of alkyl halides is 3. The first kappa shape index (κ1) is 12.6. The topological polar surface area (TPSA) is 38.9 Å². The number of rotatable bonds is 2. The Labute approximate surface area is 102 Å². The van der Waals surface area contributed by atoms with Gasteiger partial charge in [0, 0.05) is 18.3 Å². The molecule has 94 valence electrons. The van der Waals surface area contributed by atoms with Gasteiger partial charge in [0.2, 0.25) is 0 Å². The lowest BCUT2D eigenvalue weighted by atomic mass is 10.1. The molecule has 1 aromatic heterocycles. The Morgan fingerprint density at radius 3 is 2.56 bits per heavy atom. The monoisotopic (exact) mass is 252 g/mol. The molecule has 2 nitrogen and oxygen atoms in total. The fourth-order valence-electron chi connectivity index (χ4n) is 1.61. The first-order chi connectivity index (χ1) is 8.50. The molecule has 0 fully saturated rings. The molecule has 0 aliphatic heterocycles. The van der Waals surface area contributed by atoms with Crippen LogP contribution in [-0.2, 0) is 12.7 Å². The molecule has 0 bridgehead atoms.